The van der Waals surface area contributed by atoms with E-state index in [4.69, 9.17) is 0 Å². The Kier molecular flexibility index (Phi) is 2.15. The minimum absolute atomic E-state index is 0.665. The fourth-order valence-corrected chi connectivity index (χ4v) is 1.58. The summed E-state index contributed by atoms with van der Waals surface area (Å²) in [5.41, 5.74) is 1.45. The van der Waals surface area contributed by atoms with E-state index in [0.29, 0.717) is 5.92 Å². The molecule has 1 aliphatic carbocycles. The summed E-state index contributed by atoms with van der Waals surface area (Å²) in [7, 11) is 0. The molecule has 0 aromatic rings. The number of allylic oxidation sites excluding steroid dienone is 4. The SMILES string of the molecule is CC(C)C1=[C]([Mn])CC=C1. The maximum absolute atomic E-state index is 3.52. The van der Waals surface area contributed by atoms with Crippen LogP contribution in [0.25, 0.3) is 0 Å². The topological polar surface area (TPSA) is 0 Å². The molecule has 0 amide bonds. The van der Waals surface area contributed by atoms with Gasteiger partial charge in [0, 0.05) is 0 Å². The zero-order valence-corrected chi connectivity index (χ0v) is 7.00. The van der Waals surface area contributed by atoms with E-state index in [-0.39, 0.29) is 0 Å². The first-order valence-electron chi connectivity index (χ1n) is 3.27. The van der Waals surface area contributed by atoms with Crippen LogP contribution in [-0.2, 0) is 16.0 Å². The Hall–Kier alpha value is -0.000519. The van der Waals surface area contributed by atoms with Gasteiger partial charge in [0.1, 0.15) is 0 Å². The standard InChI is InChI=1S/C8H11.Mn/c1-7(2)8-5-3-4-6-8;/h3,5,7H,4H2,1-2H3;. The number of hydrogen-bond acceptors (Lipinski definition) is 0. The van der Waals surface area contributed by atoms with Gasteiger partial charge in [-0.2, -0.15) is 0 Å². The fraction of sp³-hybridized carbons (Fsp3) is 0.500. The van der Waals surface area contributed by atoms with Gasteiger partial charge in [0.15, 0.2) is 0 Å². The Morgan fingerprint density at radius 1 is 1.56 bits per heavy atom. The first kappa shape index (κ1) is 7.11. The summed E-state index contributed by atoms with van der Waals surface area (Å²) in [6.45, 7) is 4.43. The van der Waals surface area contributed by atoms with Crippen LogP contribution in [0.15, 0.2) is 22.2 Å². The molecule has 0 aromatic heterocycles. The van der Waals surface area contributed by atoms with Gasteiger partial charge >= 0.3 is 64.4 Å². The van der Waals surface area contributed by atoms with Crippen molar-refractivity contribution in [3.8, 4) is 0 Å². The van der Waals surface area contributed by atoms with Crippen molar-refractivity contribution in [1.82, 2.24) is 0 Å². The van der Waals surface area contributed by atoms with Gasteiger partial charge in [0.2, 0.25) is 0 Å². The number of hydrogen-bond donors (Lipinski definition) is 0. The normalized spacial score (nSPS) is 18.2. The molecule has 1 heteroatoms. The Morgan fingerprint density at radius 3 is 2.44 bits per heavy atom. The fourth-order valence-electron chi connectivity index (χ4n) is 1.00. The van der Waals surface area contributed by atoms with Crippen molar-refractivity contribution < 1.29 is 16.0 Å². The molecule has 1 aliphatic rings. The van der Waals surface area contributed by atoms with Crippen molar-refractivity contribution in [1.29, 1.82) is 0 Å². The molecule has 0 aromatic carbocycles. The Morgan fingerprint density at radius 2 is 2.22 bits per heavy atom. The van der Waals surface area contributed by atoms with E-state index in [2.05, 4.69) is 42.0 Å². The van der Waals surface area contributed by atoms with Gasteiger partial charge in [-0.05, 0) is 0 Å². The molecule has 0 saturated heterocycles. The quantitative estimate of drug-likeness (QED) is 0.519. The van der Waals surface area contributed by atoms with Crippen LogP contribution in [0.2, 0.25) is 0 Å². The molecule has 0 unspecified atom stereocenters. The van der Waals surface area contributed by atoms with Crippen molar-refractivity contribution >= 4 is 0 Å². The zero-order chi connectivity index (χ0) is 6.85. The van der Waals surface area contributed by atoms with Gasteiger partial charge in [-0.15, -0.1) is 0 Å². The molecule has 0 N–H and O–H groups in total. The van der Waals surface area contributed by atoms with Crippen molar-refractivity contribution in [2.75, 3.05) is 0 Å². The monoisotopic (exact) mass is 162 g/mol. The maximum atomic E-state index is 3.52. The molecule has 1 rings (SSSR count). The Labute approximate surface area is 64.8 Å². The summed E-state index contributed by atoms with van der Waals surface area (Å²) in [6, 6.07) is 0. The average Bonchev–Trinajstić information content (AvgIpc) is 2.13. The van der Waals surface area contributed by atoms with Crippen LogP contribution in [0, 0.1) is 5.92 Å². The summed E-state index contributed by atoms with van der Waals surface area (Å²) in [6.07, 6.45) is 5.49. The summed E-state index contributed by atoms with van der Waals surface area (Å²) < 4.78 is 1.36. The Bertz CT molecular complexity index is 163. The first-order chi connectivity index (χ1) is 4.22. The van der Waals surface area contributed by atoms with Gasteiger partial charge in [-0.25, -0.2) is 0 Å². The number of rotatable bonds is 1. The third kappa shape index (κ3) is 1.47. The van der Waals surface area contributed by atoms with E-state index in [1.807, 2.05) is 0 Å². The van der Waals surface area contributed by atoms with Crippen LogP contribution in [-0.4, -0.2) is 0 Å². The third-order valence-electron chi connectivity index (χ3n) is 1.53. The molecule has 9 heavy (non-hydrogen) atoms. The molecular weight excluding hydrogens is 151 g/mol. The molecule has 0 saturated carbocycles. The van der Waals surface area contributed by atoms with Crippen molar-refractivity contribution in [3.05, 3.63) is 22.2 Å². The molecular formula is C8H11Mn. The molecule has 0 atom stereocenters. The van der Waals surface area contributed by atoms with Crippen LogP contribution in [0.4, 0.5) is 0 Å². The van der Waals surface area contributed by atoms with Crippen molar-refractivity contribution in [2.45, 2.75) is 20.3 Å². The van der Waals surface area contributed by atoms with Crippen LogP contribution >= 0.6 is 0 Å². The van der Waals surface area contributed by atoms with E-state index in [1.54, 1.807) is 0 Å². The summed E-state index contributed by atoms with van der Waals surface area (Å²) in [5, 5.41) is 0. The van der Waals surface area contributed by atoms with Crippen molar-refractivity contribution in [2.24, 2.45) is 5.92 Å². The second-order valence-electron chi connectivity index (χ2n) is 2.62. The van der Waals surface area contributed by atoms with Crippen LogP contribution < -0.4 is 0 Å². The van der Waals surface area contributed by atoms with Gasteiger partial charge in [-0.1, -0.05) is 0 Å². The van der Waals surface area contributed by atoms with Gasteiger partial charge < -0.3 is 0 Å². The molecule has 0 radical (unpaired) electrons. The third-order valence-corrected chi connectivity index (χ3v) is 2.11. The van der Waals surface area contributed by atoms with E-state index in [0.717, 1.165) is 6.42 Å². The van der Waals surface area contributed by atoms with Crippen LogP contribution in [0.1, 0.15) is 20.3 Å². The zero-order valence-electron chi connectivity index (χ0n) is 5.82. The van der Waals surface area contributed by atoms with E-state index >= 15 is 0 Å². The Balaban J connectivity index is 2.77. The average molecular weight is 162 g/mol. The first-order valence-corrected chi connectivity index (χ1v) is 3.86. The van der Waals surface area contributed by atoms with E-state index < -0.39 is 0 Å². The van der Waals surface area contributed by atoms with Crippen molar-refractivity contribution in [3.63, 3.8) is 0 Å². The molecule has 0 spiro atoms. The molecule has 0 fully saturated rings. The predicted molar refractivity (Wildman–Crippen MR) is 35.6 cm³/mol. The summed E-state index contributed by atoms with van der Waals surface area (Å²) in [5.74, 6) is 0.665. The predicted octanol–water partition coefficient (Wildman–Crippen LogP) is 2.40. The molecule has 0 aliphatic heterocycles. The van der Waals surface area contributed by atoms with E-state index in [9.17, 15) is 0 Å². The minimum atomic E-state index is 0.665. The second-order valence-corrected chi connectivity index (χ2v) is 3.33. The van der Waals surface area contributed by atoms with Gasteiger partial charge in [0.05, 0.1) is 0 Å². The second kappa shape index (κ2) is 2.72. The van der Waals surface area contributed by atoms with Gasteiger partial charge in [0.25, 0.3) is 0 Å². The molecule has 0 nitrogen and oxygen atoms in total. The van der Waals surface area contributed by atoms with Crippen LogP contribution in [0.3, 0.4) is 0 Å². The van der Waals surface area contributed by atoms with E-state index in [1.165, 1.54) is 10.0 Å². The molecule has 0 heterocycles. The molecule has 50 valence electrons. The summed E-state index contributed by atoms with van der Waals surface area (Å²) >= 11 is 3.52. The molecule has 0 bridgehead atoms. The van der Waals surface area contributed by atoms with Crippen LogP contribution in [0.5, 0.6) is 0 Å². The summed E-state index contributed by atoms with van der Waals surface area (Å²) in [4.78, 5) is 0. The van der Waals surface area contributed by atoms with Gasteiger partial charge in [-0.3, -0.25) is 0 Å².